The SMILES string of the molecule is CC1CCCN(c2ccc(CNC(=O)C3CCCN(Cc4nc(-c5cccc(Br)c5)no4)C3)cc2)C1. The van der Waals surface area contributed by atoms with Gasteiger partial charge in [-0.05, 0) is 68.0 Å². The lowest BCUT2D eigenvalue weighted by Crippen LogP contribution is -2.42. The number of nitrogens with zero attached hydrogens (tertiary/aromatic N) is 4. The van der Waals surface area contributed by atoms with Crippen molar-refractivity contribution in [2.24, 2.45) is 11.8 Å². The molecular formula is C28H34BrN5O2. The normalized spacial score (nSPS) is 20.9. The quantitative estimate of drug-likeness (QED) is 0.431. The molecular weight excluding hydrogens is 518 g/mol. The highest BCUT2D eigenvalue weighted by Gasteiger charge is 2.27. The monoisotopic (exact) mass is 551 g/mol. The van der Waals surface area contributed by atoms with Crippen molar-refractivity contribution in [3.63, 3.8) is 0 Å². The van der Waals surface area contributed by atoms with Crippen molar-refractivity contribution in [2.45, 2.75) is 45.7 Å². The Hall–Kier alpha value is -2.71. The smallest absolute Gasteiger partial charge is 0.241 e. The summed E-state index contributed by atoms with van der Waals surface area (Å²) in [6, 6.07) is 16.5. The maximum Gasteiger partial charge on any atom is 0.241 e. The molecule has 0 spiro atoms. The number of carbonyl (C=O) groups excluding carboxylic acids is 1. The fourth-order valence-electron chi connectivity index (χ4n) is 5.25. The fraction of sp³-hybridized carbons (Fsp3) is 0.464. The van der Waals surface area contributed by atoms with Gasteiger partial charge in [-0.25, -0.2) is 0 Å². The average molecular weight is 553 g/mol. The van der Waals surface area contributed by atoms with Gasteiger partial charge in [0.1, 0.15) is 0 Å². The molecule has 0 saturated carbocycles. The number of halogens is 1. The van der Waals surface area contributed by atoms with Gasteiger partial charge in [-0.3, -0.25) is 9.69 Å². The van der Waals surface area contributed by atoms with Crippen LogP contribution in [-0.4, -0.2) is 47.1 Å². The van der Waals surface area contributed by atoms with Crippen LogP contribution in [0, 0.1) is 11.8 Å². The fourth-order valence-corrected chi connectivity index (χ4v) is 5.65. The number of benzene rings is 2. The summed E-state index contributed by atoms with van der Waals surface area (Å²) < 4.78 is 6.48. The summed E-state index contributed by atoms with van der Waals surface area (Å²) in [4.78, 5) is 22.2. The number of hydrogen-bond acceptors (Lipinski definition) is 6. The van der Waals surface area contributed by atoms with E-state index in [0.717, 1.165) is 54.0 Å². The molecule has 3 aromatic rings. The number of piperidine rings is 2. The Morgan fingerprint density at radius 3 is 2.75 bits per heavy atom. The third-order valence-corrected chi connectivity index (χ3v) is 7.70. The summed E-state index contributed by atoms with van der Waals surface area (Å²) >= 11 is 3.48. The summed E-state index contributed by atoms with van der Waals surface area (Å²) in [5, 5.41) is 7.29. The number of amides is 1. The first-order chi connectivity index (χ1) is 17.5. The Morgan fingerprint density at radius 1 is 1.11 bits per heavy atom. The highest BCUT2D eigenvalue weighted by molar-refractivity contribution is 9.10. The van der Waals surface area contributed by atoms with Gasteiger partial charge in [0.25, 0.3) is 0 Å². The van der Waals surface area contributed by atoms with E-state index in [-0.39, 0.29) is 11.8 Å². The van der Waals surface area contributed by atoms with Gasteiger partial charge in [-0.2, -0.15) is 4.98 Å². The van der Waals surface area contributed by atoms with Crippen molar-refractivity contribution in [1.82, 2.24) is 20.4 Å². The molecule has 2 aromatic carbocycles. The number of anilines is 1. The molecule has 1 aromatic heterocycles. The highest BCUT2D eigenvalue weighted by Crippen LogP contribution is 2.24. The maximum atomic E-state index is 12.9. The van der Waals surface area contributed by atoms with Crippen molar-refractivity contribution >= 4 is 27.5 Å². The molecule has 190 valence electrons. The number of nitrogens with one attached hydrogen (secondary N) is 1. The highest BCUT2D eigenvalue weighted by atomic mass is 79.9. The molecule has 0 radical (unpaired) electrons. The zero-order valence-electron chi connectivity index (χ0n) is 20.8. The van der Waals surface area contributed by atoms with Crippen LogP contribution in [0.5, 0.6) is 0 Å². The van der Waals surface area contributed by atoms with Gasteiger partial charge in [-0.1, -0.05) is 52.3 Å². The molecule has 2 fully saturated rings. The molecule has 2 aliphatic rings. The Bertz CT molecular complexity index is 1160. The van der Waals surface area contributed by atoms with E-state index >= 15 is 0 Å². The van der Waals surface area contributed by atoms with Crippen LogP contribution in [0.4, 0.5) is 5.69 Å². The second-order valence-corrected chi connectivity index (χ2v) is 11.1. The van der Waals surface area contributed by atoms with Crippen LogP contribution in [0.2, 0.25) is 0 Å². The largest absolute Gasteiger partial charge is 0.371 e. The predicted molar refractivity (Wildman–Crippen MR) is 144 cm³/mol. The number of hydrogen-bond donors (Lipinski definition) is 1. The molecule has 0 bridgehead atoms. The summed E-state index contributed by atoms with van der Waals surface area (Å²) in [6.07, 6.45) is 4.46. The van der Waals surface area contributed by atoms with E-state index in [1.54, 1.807) is 0 Å². The molecule has 2 atom stereocenters. The zero-order chi connectivity index (χ0) is 24.9. The molecule has 36 heavy (non-hydrogen) atoms. The Labute approximate surface area is 221 Å². The minimum Gasteiger partial charge on any atom is -0.371 e. The van der Waals surface area contributed by atoms with E-state index in [1.807, 2.05) is 24.3 Å². The third kappa shape index (κ3) is 6.34. The molecule has 5 rings (SSSR count). The Balaban J connectivity index is 1.11. The van der Waals surface area contributed by atoms with Gasteiger partial charge in [0.15, 0.2) is 0 Å². The lowest BCUT2D eigenvalue weighted by Gasteiger charge is -2.33. The van der Waals surface area contributed by atoms with Crippen LogP contribution in [0.25, 0.3) is 11.4 Å². The summed E-state index contributed by atoms with van der Waals surface area (Å²) in [6.45, 7) is 7.33. The van der Waals surface area contributed by atoms with Crippen LogP contribution in [-0.2, 0) is 17.9 Å². The first-order valence-corrected chi connectivity index (χ1v) is 13.8. The molecule has 7 nitrogen and oxygen atoms in total. The van der Waals surface area contributed by atoms with Gasteiger partial charge in [-0.15, -0.1) is 0 Å². The molecule has 1 N–H and O–H groups in total. The Morgan fingerprint density at radius 2 is 1.94 bits per heavy atom. The molecule has 8 heteroatoms. The van der Waals surface area contributed by atoms with Crippen molar-refractivity contribution in [2.75, 3.05) is 31.1 Å². The van der Waals surface area contributed by atoms with Crippen molar-refractivity contribution < 1.29 is 9.32 Å². The van der Waals surface area contributed by atoms with Crippen molar-refractivity contribution in [3.8, 4) is 11.4 Å². The van der Waals surface area contributed by atoms with Gasteiger partial charge in [0, 0.05) is 41.9 Å². The van der Waals surface area contributed by atoms with Gasteiger partial charge < -0.3 is 14.7 Å². The zero-order valence-corrected chi connectivity index (χ0v) is 22.4. The van der Waals surface area contributed by atoms with E-state index in [0.29, 0.717) is 31.3 Å². The lowest BCUT2D eigenvalue weighted by atomic mass is 9.97. The van der Waals surface area contributed by atoms with E-state index in [1.165, 1.54) is 18.5 Å². The number of rotatable bonds is 7. The van der Waals surface area contributed by atoms with Crippen LogP contribution in [0.3, 0.4) is 0 Å². The first kappa shape index (κ1) is 25.0. The molecule has 2 aliphatic heterocycles. The van der Waals surface area contributed by atoms with Crippen LogP contribution in [0.1, 0.15) is 44.1 Å². The molecule has 3 heterocycles. The van der Waals surface area contributed by atoms with Crippen LogP contribution < -0.4 is 10.2 Å². The Kier molecular flexibility index (Phi) is 8.02. The maximum absolute atomic E-state index is 12.9. The second kappa shape index (κ2) is 11.6. The standard InChI is InChI=1S/C28H34BrN5O2/c1-20-5-3-14-34(17-20)25-11-9-21(10-12-25)16-30-28(35)23-7-4-13-33(18-23)19-26-31-27(32-36-26)22-6-2-8-24(29)15-22/h2,6,8-12,15,20,23H,3-5,7,13-14,16-19H2,1H3,(H,30,35). The van der Waals surface area contributed by atoms with Crippen molar-refractivity contribution in [1.29, 1.82) is 0 Å². The molecule has 1 amide bonds. The third-order valence-electron chi connectivity index (χ3n) is 7.21. The van der Waals surface area contributed by atoms with Crippen LogP contribution in [0.15, 0.2) is 57.5 Å². The lowest BCUT2D eigenvalue weighted by molar-refractivity contribution is -0.127. The summed E-state index contributed by atoms with van der Waals surface area (Å²) in [5.74, 6) is 2.00. The van der Waals surface area contributed by atoms with Gasteiger partial charge in [0.05, 0.1) is 12.5 Å². The minimum atomic E-state index is -0.0275. The van der Waals surface area contributed by atoms with E-state index in [9.17, 15) is 4.79 Å². The topological polar surface area (TPSA) is 74.5 Å². The molecule has 2 unspecified atom stereocenters. The van der Waals surface area contributed by atoms with Gasteiger partial charge in [0.2, 0.25) is 17.6 Å². The minimum absolute atomic E-state index is 0.0275. The summed E-state index contributed by atoms with van der Waals surface area (Å²) in [5.41, 5.74) is 3.33. The van der Waals surface area contributed by atoms with Crippen molar-refractivity contribution in [3.05, 3.63) is 64.5 Å². The predicted octanol–water partition coefficient (Wildman–Crippen LogP) is 5.26. The molecule has 0 aliphatic carbocycles. The molecule has 2 saturated heterocycles. The number of likely N-dealkylation sites (tertiary alicyclic amines) is 1. The number of carbonyl (C=O) groups is 1. The van der Waals surface area contributed by atoms with Gasteiger partial charge >= 0.3 is 0 Å². The average Bonchev–Trinajstić information content (AvgIpc) is 3.36. The van der Waals surface area contributed by atoms with Crippen LogP contribution >= 0.6 is 15.9 Å². The van der Waals surface area contributed by atoms with E-state index in [4.69, 9.17) is 4.52 Å². The number of aromatic nitrogens is 2. The summed E-state index contributed by atoms with van der Waals surface area (Å²) in [7, 11) is 0. The second-order valence-electron chi connectivity index (χ2n) is 10.2. The van der Waals surface area contributed by atoms with E-state index < -0.39 is 0 Å². The first-order valence-electron chi connectivity index (χ1n) is 13.0. The van der Waals surface area contributed by atoms with E-state index in [2.05, 4.69) is 72.4 Å².